The van der Waals surface area contributed by atoms with E-state index in [-0.39, 0.29) is 0 Å². The molecule has 4 heteroatoms. The topological polar surface area (TPSA) is 48.1 Å². The van der Waals surface area contributed by atoms with Crippen LogP contribution in [0.4, 0.5) is 5.82 Å². The van der Waals surface area contributed by atoms with E-state index in [1.807, 2.05) is 30.3 Å². The smallest absolute Gasteiger partial charge is 0.126 e. The number of nitrogens with zero attached hydrogens (tertiary/aromatic N) is 1. The lowest BCUT2D eigenvalue weighted by molar-refractivity contribution is 0.414. The third kappa shape index (κ3) is 3.01. The van der Waals surface area contributed by atoms with Crippen LogP contribution in [0.5, 0.6) is 5.75 Å². The molecule has 0 aliphatic rings. The van der Waals surface area contributed by atoms with Gasteiger partial charge in [-0.25, -0.2) is 4.98 Å². The van der Waals surface area contributed by atoms with Crippen LogP contribution in [0.2, 0.25) is 0 Å². The number of aryl methyl sites for hydroxylation is 2. The lowest BCUT2D eigenvalue weighted by Crippen LogP contribution is -1.99. The molecule has 0 atom stereocenters. The molecule has 0 unspecified atom stereocenters. The molecule has 0 saturated carbocycles. The number of halogens is 1. The number of aromatic nitrogens is 1. The van der Waals surface area contributed by atoms with Crippen molar-refractivity contribution in [3.05, 3.63) is 52.1 Å². The van der Waals surface area contributed by atoms with Gasteiger partial charge in [0.15, 0.2) is 0 Å². The van der Waals surface area contributed by atoms with E-state index in [4.69, 9.17) is 10.5 Å². The van der Waals surface area contributed by atoms with Crippen LogP contribution < -0.4 is 10.5 Å². The zero-order valence-corrected chi connectivity index (χ0v) is 11.8. The predicted molar refractivity (Wildman–Crippen MR) is 76.8 cm³/mol. The number of hydrogen-bond donors (Lipinski definition) is 1. The van der Waals surface area contributed by atoms with Gasteiger partial charge in [0.05, 0.1) is 7.11 Å². The zero-order chi connectivity index (χ0) is 13.0. The molecule has 0 bridgehead atoms. The molecule has 0 radical (unpaired) electrons. The van der Waals surface area contributed by atoms with Crippen molar-refractivity contribution in [3.8, 4) is 5.75 Å². The van der Waals surface area contributed by atoms with Crippen molar-refractivity contribution in [1.29, 1.82) is 0 Å². The van der Waals surface area contributed by atoms with Gasteiger partial charge in [0, 0.05) is 10.7 Å². The molecule has 2 aromatic rings. The Morgan fingerprint density at radius 1 is 1.22 bits per heavy atom. The minimum Gasteiger partial charge on any atom is -0.497 e. The first kappa shape index (κ1) is 12.9. The van der Waals surface area contributed by atoms with Crippen LogP contribution in [0.25, 0.3) is 0 Å². The number of hydrogen-bond acceptors (Lipinski definition) is 3. The SMILES string of the molecule is COc1ccc(Br)c(CCc2cccnc2N)c1. The van der Waals surface area contributed by atoms with Crippen molar-refractivity contribution < 1.29 is 4.74 Å². The molecule has 2 N–H and O–H groups in total. The molecule has 3 nitrogen and oxygen atoms in total. The van der Waals surface area contributed by atoms with Crippen molar-refractivity contribution in [3.63, 3.8) is 0 Å². The first-order chi connectivity index (χ1) is 8.70. The maximum absolute atomic E-state index is 5.83. The summed E-state index contributed by atoms with van der Waals surface area (Å²) in [5, 5.41) is 0. The van der Waals surface area contributed by atoms with Gasteiger partial charge in [-0.05, 0) is 48.2 Å². The van der Waals surface area contributed by atoms with Crippen LogP contribution in [0.1, 0.15) is 11.1 Å². The first-order valence-corrected chi connectivity index (χ1v) is 6.52. The number of anilines is 1. The molecule has 1 heterocycles. The van der Waals surface area contributed by atoms with E-state index in [9.17, 15) is 0 Å². The highest BCUT2D eigenvalue weighted by Crippen LogP contribution is 2.24. The molecule has 1 aromatic heterocycles. The molecule has 0 amide bonds. The van der Waals surface area contributed by atoms with E-state index >= 15 is 0 Å². The second kappa shape index (κ2) is 5.87. The van der Waals surface area contributed by atoms with Gasteiger partial charge in [-0.1, -0.05) is 22.0 Å². The van der Waals surface area contributed by atoms with E-state index < -0.39 is 0 Å². The second-order valence-electron chi connectivity index (χ2n) is 4.01. The van der Waals surface area contributed by atoms with Crippen LogP contribution >= 0.6 is 15.9 Å². The molecule has 2 rings (SSSR count). The summed E-state index contributed by atoms with van der Waals surface area (Å²) >= 11 is 3.55. The van der Waals surface area contributed by atoms with Crippen molar-refractivity contribution in [1.82, 2.24) is 4.98 Å². The molecule has 0 aliphatic carbocycles. The van der Waals surface area contributed by atoms with E-state index in [2.05, 4.69) is 20.9 Å². The second-order valence-corrected chi connectivity index (χ2v) is 4.86. The summed E-state index contributed by atoms with van der Waals surface area (Å²) in [6.45, 7) is 0. The number of nitrogens with two attached hydrogens (primary N) is 1. The average molecular weight is 307 g/mol. The Kier molecular flexibility index (Phi) is 4.20. The number of methoxy groups -OCH3 is 1. The lowest BCUT2D eigenvalue weighted by Gasteiger charge is -2.08. The minimum absolute atomic E-state index is 0.608. The Morgan fingerprint density at radius 2 is 2.00 bits per heavy atom. The van der Waals surface area contributed by atoms with Gasteiger partial charge in [0.2, 0.25) is 0 Å². The highest BCUT2D eigenvalue weighted by atomic mass is 79.9. The summed E-state index contributed by atoms with van der Waals surface area (Å²) in [6.07, 6.45) is 3.47. The van der Waals surface area contributed by atoms with Crippen LogP contribution in [-0.4, -0.2) is 12.1 Å². The normalized spacial score (nSPS) is 10.3. The van der Waals surface area contributed by atoms with Crippen LogP contribution in [0.15, 0.2) is 41.0 Å². The average Bonchev–Trinajstić information content (AvgIpc) is 2.39. The van der Waals surface area contributed by atoms with Crippen LogP contribution in [0, 0.1) is 0 Å². The lowest BCUT2D eigenvalue weighted by atomic mass is 10.0. The molecular formula is C14H15BrN2O. The fourth-order valence-corrected chi connectivity index (χ4v) is 2.25. The highest BCUT2D eigenvalue weighted by molar-refractivity contribution is 9.10. The Labute approximate surface area is 115 Å². The third-order valence-electron chi connectivity index (χ3n) is 2.84. The van der Waals surface area contributed by atoms with Crippen molar-refractivity contribution in [2.45, 2.75) is 12.8 Å². The van der Waals surface area contributed by atoms with Gasteiger partial charge < -0.3 is 10.5 Å². The number of benzene rings is 1. The number of rotatable bonds is 4. The van der Waals surface area contributed by atoms with E-state index in [1.54, 1.807) is 13.3 Å². The highest BCUT2D eigenvalue weighted by Gasteiger charge is 2.05. The van der Waals surface area contributed by atoms with Crippen molar-refractivity contribution in [2.24, 2.45) is 0 Å². The number of nitrogen functional groups attached to an aromatic ring is 1. The molecule has 1 aromatic carbocycles. The Morgan fingerprint density at radius 3 is 2.72 bits per heavy atom. The maximum atomic E-state index is 5.83. The van der Waals surface area contributed by atoms with E-state index in [1.165, 1.54) is 5.56 Å². The first-order valence-electron chi connectivity index (χ1n) is 5.72. The van der Waals surface area contributed by atoms with Gasteiger partial charge in [0.1, 0.15) is 11.6 Å². The van der Waals surface area contributed by atoms with Crippen LogP contribution in [-0.2, 0) is 12.8 Å². The van der Waals surface area contributed by atoms with Gasteiger partial charge >= 0.3 is 0 Å². The molecule has 0 saturated heterocycles. The summed E-state index contributed by atoms with van der Waals surface area (Å²) in [4.78, 5) is 4.09. The summed E-state index contributed by atoms with van der Waals surface area (Å²) < 4.78 is 6.32. The summed E-state index contributed by atoms with van der Waals surface area (Å²) in [6, 6.07) is 9.89. The monoisotopic (exact) mass is 306 g/mol. The predicted octanol–water partition coefficient (Wildman–Crippen LogP) is 3.22. The molecule has 18 heavy (non-hydrogen) atoms. The fraction of sp³-hybridized carbons (Fsp3) is 0.214. The summed E-state index contributed by atoms with van der Waals surface area (Å²) in [7, 11) is 1.67. The fourth-order valence-electron chi connectivity index (χ4n) is 1.80. The van der Waals surface area contributed by atoms with E-state index in [0.717, 1.165) is 28.6 Å². The Hall–Kier alpha value is -1.55. The van der Waals surface area contributed by atoms with Crippen LogP contribution in [0.3, 0.4) is 0 Å². The Bertz CT molecular complexity index is 543. The molecular weight excluding hydrogens is 292 g/mol. The molecule has 0 fully saturated rings. The summed E-state index contributed by atoms with van der Waals surface area (Å²) in [5.74, 6) is 1.48. The van der Waals surface area contributed by atoms with Crippen molar-refractivity contribution >= 4 is 21.7 Å². The Balaban J connectivity index is 2.13. The van der Waals surface area contributed by atoms with E-state index in [0.29, 0.717) is 5.82 Å². The third-order valence-corrected chi connectivity index (χ3v) is 3.62. The summed E-state index contributed by atoms with van der Waals surface area (Å²) in [5.41, 5.74) is 8.11. The van der Waals surface area contributed by atoms with Gasteiger partial charge in [-0.15, -0.1) is 0 Å². The van der Waals surface area contributed by atoms with Gasteiger partial charge in [0.25, 0.3) is 0 Å². The number of pyridine rings is 1. The quantitative estimate of drug-likeness (QED) is 0.943. The van der Waals surface area contributed by atoms with Gasteiger partial charge in [-0.3, -0.25) is 0 Å². The largest absolute Gasteiger partial charge is 0.497 e. The maximum Gasteiger partial charge on any atom is 0.126 e. The standard InChI is InChI=1S/C14H15BrN2O/c1-18-12-6-7-13(15)11(9-12)5-4-10-3-2-8-17-14(10)16/h2-3,6-9H,4-5H2,1H3,(H2,16,17). The zero-order valence-electron chi connectivity index (χ0n) is 10.2. The van der Waals surface area contributed by atoms with Gasteiger partial charge in [-0.2, -0.15) is 0 Å². The molecule has 0 spiro atoms. The molecule has 94 valence electrons. The molecule has 0 aliphatic heterocycles. The van der Waals surface area contributed by atoms with Crippen molar-refractivity contribution in [2.75, 3.05) is 12.8 Å². The number of ether oxygens (including phenoxy) is 1. The minimum atomic E-state index is 0.608.